The van der Waals surface area contributed by atoms with Gasteiger partial charge in [-0.25, -0.2) is 0 Å². The number of nitrogens with one attached hydrogen (secondary N) is 2. The molecule has 3 amide bonds. The molecule has 9 nitrogen and oxygen atoms in total. The minimum atomic E-state index is -0.526. The molecule has 4 aromatic rings. The Balaban J connectivity index is 1.51. The Morgan fingerprint density at radius 3 is 2.42 bits per heavy atom. The van der Waals surface area contributed by atoms with E-state index in [4.69, 9.17) is 11.5 Å². The van der Waals surface area contributed by atoms with E-state index in [0.717, 1.165) is 27.7 Å². The number of carbonyl (C=O) groups excluding carboxylic acids is 3. The second-order valence-corrected chi connectivity index (χ2v) is 7.13. The van der Waals surface area contributed by atoms with Crippen LogP contribution in [0.1, 0.15) is 36.9 Å². The molecule has 0 saturated heterocycles. The molecule has 6 N–H and O–H groups in total. The van der Waals surface area contributed by atoms with Crippen LogP contribution in [-0.4, -0.2) is 32.5 Å². The van der Waals surface area contributed by atoms with Gasteiger partial charge in [0, 0.05) is 35.6 Å². The lowest BCUT2D eigenvalue weighted by Crippen LogP contribution is -2.23. The van der Waals surface area contributed by atoms with Crippen molar-refractivity contribution in [3.8, 4) is 11.3 Å². The summed E-state index contributed by atoms with van der Waals surface area (Å²) in [6.45, 7) is 0.287. The van der Waals surface area contributed by atoms with Crippen molar-refractivity contribution in [3.63, 3.8) is 0 Å². The molecule has 0 aliphatic heterocycles. The summed E-state index contributed by atoms with van der Waals surface area (Å²) in [4.78, 5) is 38.0. The molecule has 2 aromatic heterocycles. The minimum absolute atomic E-state index is 0.276. The highest BCUT2D eigenvalue weighted by molar-refractivity contribution is 5.98. The van der Waals surface area contributed by atoms with Gasteiger partial charge in [-0.2, -0.15) is 5.10 Å². The van der Waals surface area contributed by atoms with Crippen molar-refractivity contribution in [2.75, 3.05) is 0 Å². The summed E-state index contributed by atoms with van der Waals surface area (Å²) in [7, 11) is 1.75. The summed E-state index contributed by atoms with van der Waals surface area (Å²) < 4.78 is 1.62. The molecule has 4 rings (SSSR count). The van der Waals surface area contributed by atoms with Gasteiger partial charge in [0.25, 0.3) is 11.8 Å². The number of H-pyrrole nitrogens is 1. The van der Waals surface area contributed by atoms with E-state index in [9.17, 15) is 14.4 Å². The van der Waals surface area contributed by atoms with E-state index in [1.54, 1.807) is 48.1 Å². The third-order valence-electron chi connectivity index (χ3n) is 4.99. The normalized spacial score (nSPS) is 10.9. The zero-order chi connectivity index (χ0) is 22.1. The van der Waals surface area contributed by atoms with Crippen LogP contribution in [0.15, 0.2) is 54.6 Å². The Morgan fingerprint density at radius 1 is 1.00 bits per heavy atom. The number of nitrogens with two attached hydrogens (primary N) is 2. The second-order valence-electron chi connectivity index (χ2n) is 7.13. The standard InChI is InChI=1S/C22H20N6O3/c1-28-19(14-6-7-16-15(8-14)9-17(26-16)21(24)30)10-18(27-28)22(31)25-11-12-2-4-13(5-3-12)20(23)29/h2-10,26H,11H2,1H3,(H2,23,29)(H2,24,30)(H,25,31). The highest BCUT2D eigenvalue weighted by Crippen LogP contribution is 2.25. The number of nitrogens with zero attached hydrogens (tertiary/aromatic N) is 2. The van der Waals surface area contributed by atoms with Crippen molar-refractivity contribution in [1.29, 1.82) is 0 Å². The molecule has 31 heavy (non-hydrogen) atoms. The Hall–Kier alpha value is -4.40. The van der Waals surface area contributed by atoms with Gasteiger partial charge in [0.05, 0.1) is 5.69 Å². The lowest BCUT2D eigenvalue weighted by atomic mass is 10.1. The Bertz CT molecular complexity index is 1320. The van der Waals surface area contributed by atoms with E-state index in [1.807, 2.05) is 18.2 Å². The minimum Gasteiger partial charge on any atom is -0.366 e. The highest BCUT2D eigenvalue weighted by atomic mass is 16.2. The lowest BCUT2D eigenvalue weighted by molar-refractivity contribution is 0.0943. The van der Waals surface area contributed by atoms with Crippen LogP contribution in [0.4, 0.5) is 0 Å². The van der Waals surface area contributed by atoms with Crippen LogP contribution in [0.5, 0.6) is 0 Å². The fourth-order valence-corrected chi connectivity index (χ4v) is 3.33. The number of primary amides is 2. The molecule has 0 saturated carbocycles. The SMILES string of the molecule is Cn1nc(C(=O)NCc2ccc(C(N)=O)cc2)cc1-c1ccc2[nH]c(C(N)=O)cc2c1. The van der Waals surface area contributed by atoms with Gasteiger partial charge in [-0.3, -0.25) is 19.1 Å². The lowest BCUT2D eigenvalue weighted by Gasteiger charge is -2.04. The topological polar surface area (TPSA) is 149 Å². The Labute approximate surface area is 177 Å². The summed E-state index contributed by atoms with van der Waals surface area (Å²) in [6.07, 6.45) is 0. The molecule has 0 fully saturated rings. The quantitative estimate of drug-likeness (QED) is 0.378. The monoisotopic (exact) mass is 416 g/mol. The maximum absolute atomic E-state index is 12.6. The van der Waals surface area contributed by atoms with Gasteiger partial charge in [-0.1, -0.05) is 18.2 Å². The van der Waals surface area contributed by atoms with Crippen molar-refractivity contribution < 1.29 is 14.4 Å². The smallest absolute Gasteiger partial charge is 0.272 e. The maximum atomic E-state index is 12.6. The van der Waals surface area contributed by atoms with Crippen LogP contribution < -0.4 is 16.8 Å². The molecule has 9 heteroatoms. The van der Waals surface area contributed by atoms with Crippen LogP contribution in [0.25, 0.3) is 22.2 Å². The Morgan fingerprint density at radius 2 is 1.74 bits per heavy atom. The number of fused-ring (bicyclic) bond motifs is 1. The first-order valence-electron chi connectivity index (χ1n) is 9.46. The number of hydrogen-bond donors (Lipinski definition) is 4. The van der Waals surface area contributed by atoms with Crippen LogP contribution in [0.2, 0.25) is 0 Å². The number of aryl methyl sites for hydroxylation is 1. The van der Waals surface area contributed by atoms with Gasteiger partial charge < -0.3 is 21.8 Å². The van der Waals surface area contributed by atoms with Crippen molar-refractivity contribution >= 4 is 28.6 Å². The molecule has 0 bridgehead atoms. The first-order valence-corrected chi connectivity index (χ1v) is 9.46. The zero-order valence-electron chi connectivity index (χ0n) is 16.7. The number of aromatic nitrogens is 3. The fourth-order valence-electron chi connectivity index (χ4n) is 3.33. The van der Waals surface area contributed by atoms with Crippen molar-refractivity contribution in [1.82, 2.24) is 20.1 Å². The summed E-state index contributed by atoms with van der Waals surface area (Å²) in [5, 5.41) is 7.96. The van der Waals surface area contributed by atoms with Crippen molar-refractivity contribution in [2.45, 2.75) is 6.54 Å². The number of carbonyl (C=O) groups is 3. The van der Waals surface area contributed by atoms with Crippen LogP contribution in [0.3, 0.4) is 0 Å². The number of benzene rings is 2. The van der Waals surface area contributed by atoms with E-state index in [1.165, 1.54) is 0 Å². The highest BCUT2D eigenvalue weighted by Gasteiger charge is 2.15. The van der Waals surface area contributed by atoms with Gasteiger partial charge in [-0.15, -0.1) is 0 Å². The number of aromatic amines is 1. The zero-order valence-corrected chi connectivity index (χ0v) is 16.7. The maximum Gasteiger partial charge on any atom is 0.272 e. The molecule has 2 heterocycles. The Kier molecular flexibility index (Phi) is 5.00. The predicted molar refractivity (Wildman–Crippen MR) is 115 cm³/mol. The summed E-state index contributed by atoms with van der Waals surface area (Å²) in [6, 6.07) is 15.7. The third kappa shape index (κ3) is 4.01. The molecule has 0 atom stereocenters. The summed E-state index contributed by atoms with van der Waals surface area (Å²) in [5.74, 6) is -1.35. The molecule has 2 aromatic carbocycles. The third-order valence-corrected chi connectivity index (χ3v) is 4.99. The molecule has 156 valence electrons. The van der Waals surface area contributed by atoms with Crippen molar-refractivity contribution in [3.05, 3.63) is 77.1 Å². The molecule has 0 radical (unpaired) electrons. The van der Waals surface area contributed by atoms with Crippen LogP contribution >= 0.6 is 0 Å². The molecular weight excluding hydrogens is 396 g/mol. The largest absolute Gasteiger partial charge is 0.366 e. The van der Waals surface area contributed by atoms with E-state index >= 15 is 0 Å². The van der Waals surface area contributed by atoms with Crippen LogP contribution in [-0.2, 0) is 13.6 Å². The molecule has 0 spiro atoms. The predicted octanol–water partition coefficient (Wildman–Crippen LogP) is 1.70. The van der Waals surface area contributed by atoms with Gasteiger partial charge in [-0.05, 0) is 42.0 Å². The average molecular weight is 416 g/mol. The number of rotatable bonds is 6. The van der Waals surface area contributed by atoms with E-state index in [-0.39, 0.29) is 18.1 Å². The second kappa shape index (κ2) is 7.79. The van der Waals surface area contributed by atoms with Gasteiger partial charge in [0.2, 0.25) is 5.91 Å². The fraction of sp³-hybridized carbons (Fsp3) is 0.0909. The first kappa shape index (κ1) is 19.9. The summed E-state index contributed by atoms with van der Waals surface area (Å²) in [5.41, 5.74) is 14.8. The number of hydrogen-bond acceptors (Lipinski definition) is 4. The molecule has 0 aliphatic carbocycles. The van der Waals surface area contributed by atoms with Gasteiger partial charge >= 0.3 is 0 Å². The van der Waals surface area contributed by atoms with E-state index in [0.29, 0.717) is 11.3 Å². The molecule has 0 aliphatic rings. The number of amides is 3. The average Bonchev–Trinajstić information content (AvgIpc) is 3.35. The molecular formula is C22H20N6O3. The first-order chi connectivity index (χ1) is 14.8. The van der Waals surface area contributed by atoms with E-state index in [2.05, 4.69) is 15.4 Å². The van der Waals surface area contributed by atoms with E-state index < -0.39 is 11.8 Å². The van der Waals surface area contributed by atoms with Gasteiger partial charge in [0.15, 0.2) is 5.69 Å². The summed E-state index contributed by atoms with van der Waals surface area (Å²) >= 11 is 0. The van der Waals surface area contributed by atoms with Crippen molar-refractivity contribution in [2.24, 2.45) is 18.5 Å². The molecule has 0 unspecified atom stereocenters. The van der Waals surface area contributed by atoms with Gasteiger partial charge in [0.1, 0.15) is 5.69 Å². The van der Waals surface area contributed by atoms with Crippen LogP contribution in [0, 0.1) is 0 Å².